The molecule has 2 aliphatic carbocycles. The van der Waals surface area contributed by atoms with Crippen molar-refractivity contribution in [3.8, 4) is 0 Å². The monoisotopic (exact) mass is 480 g/mol. The van der Waals surface area contributed by atoms with Gasteiger partial charge >= 0.3 is 0 Å². The quantitative estimate of drug-likeness (QED) is 0.579. The molecule has 0 bridgehead atoms. The van der Waals surface area contributed by atoms with Crippen LogP contribution in [0.3, 0.4) is 0 Å². The fourth-order valence-corrected chi connectivity index (χ4v) is 8.87. The molecule has 0 radical (unpaired) electrons. The number of alkyl halides is 1. The molecule has 2 amide bonds. The number of piperidine rings is 2. The highest BCUT2D eigenvalue weighted by Gasteiger charge is 2.48. The van der Waals surface area contributed by atoms with Crippen LogP contribution in [0.25, 0.3) is 0 Å². The van der Waals surface area contributed by atoms with E-state index in [0.717, 1.165) is 45.1 Å². The summed E-state index contributed by atoms with van der Waals surface area (Å²) < 4.78 is 13.8. The second-order valence-electron chi connectivity index (χ2n) is 11.6. The number of amides is 2. The molecule has 5 fully saturated rings. The molecule has 5 rings (SSSR count). The molecule has 186 valence electrons. The lowest BCUT2D eigenvalue weighted by atomic mass is 9.64. The van der Waals surface area contributed by atoms with Crippen molar-refractivity contribution in [1.82, 2.24) is 20.9 Å². The zero-order valence-electron chi connectivity index (χ0n) is 20.3. The lowest BCUT2D eigenvalue weighted by Gasteiger charge is -2.50. The van der Waals surface area contributed by atoms with E-state index < -0.39 is 6.17 Å². The number of hydrogen-bond donors (Lipinski definition) is 3. The van der Waals surface area contributed by atoms with Crippen LogP contribution in [0.5, 0.6) is 0 Å². The van der Waals surface area contributed by atoms with Crippen LogP contribution in [-0.2, 0) is 9.59 Å². The minimum Gasteiger partial charge on any atom is -0.342 e. The molecule has 8 heteroatoms. The molecule has 0 aromatic rings. The highest BCUT2D eigenvalue weighted by Crippen LogP contribution is 2.45. The molecule has 6 nitrogen and oxygen atoms in total. The number of nitrogens with zero attached hydrogens (tertiary/aromatic N) is 1. The average molecular weight is 481 g/mol. The third kappa shape index (κ3) is 4.81. The first-order valence-corrected chi connectivity index (χ1v) is 14.1. The number of rotatable bonds is 3. The fraction of sp³-hybridized carbons (Fsp3) is 0.920. The third-order valence-corrected chi connectivity index (χ3v) is 10.8. The molecule has 0 aromatic carbocycles. The van der Waals surface area contributed by atoms with Crippen molar-refractivity contribution < 1.29 is 14.0 Å². The molecule has 11 atom stereocenters. The smallest absolute Gasteiger partial charge is 0.225 e. The summed E-state index contributed by atoms with van der Waals surface area (Å²) in [5.41, 5.74) is -0.117. The normalized spacial score (nSPS) is 48.2. The van der Waals surface area contributed by atoms with Gasteiger partial charge in [0.1, 0.15) is 11.7 Å². The minimum absolute atomic E-state index is 0.0281. The number of carbonyl (C=O) groups excluding carboxylic acids is 2. The molecule has 0 aromatic heterocycles. The lowest BCUT2D eigenvalue weighted by molar-refractivity contribution is -0.149. The molecule has 3 N–H and O–H groups in total. The summed E-state index contributed by atoms with van der Waals surface area (Å²) in [7, 11) is 1.99. The maximum absolute atomic E-state index is 13.8. The second-order valence-corrected chi connectivity index (χ2v) is 12.9. The summed E-state index contributed by atoms with van der Waals surface area (Å²) in [5.74, 6) is 1.63. The first-order valence-electron chi connectivity index (χ1n) is 13.2. The molecule has 3 saturated heterocycles. The summed E-state index contributed by atoms with van der Waals surface area (Å²) in [6, 6.07) is 1.11. The van der Waals surface area contributed by atoms with E-state index in [1.54, 1.807) is 11.8 Å². The van der Waals surface area contributed by atoms with Crippen LogP contribution in [0.1, 0.15) is 65.2 Å². The molecule has 3 heterocycles. The van der Waals surface area contributed by atoms with Gasteiger partial charge in [-0.2, -0.15) is 0 Å². The van der Waals surface area contributed by atoms with Gasteiger partial charge in [0.15, 0.2) is 0 Å². The molecule has 0 spiro atoms. The van der Waals surface area contributed by atoms with Gasteiger partial charge in [0, 0.05) is 48.8 Å². The van der Waals surface area contributed by atoms with E-state index in [1.807, 2.05) is 11.9 Å². The van der Waals surface area contributed by atoms with Gasteiger partial charge in [0.05, 0.1) is 0 Å². The number of hydrogen-bond acceptors (Lipinski definition) is 5. The maximum atomic E-state index is 13.8. The van der Waals surface area contributed by atoms with Crippen LogP contribution >= 0.6 is 11.8 Å². The number of nitrogens with one attached hydrogen (secondary N) is 3. The number of halogens is 1. The van der Waals surface area contributed by atoms with Gasteiger partial charge in [0.25, 0.3) is 0 Å². The summed E-state index contributed by atoms with van der Waals surface area (Å²) in [5, 5.41) is 10.6. The fourth-order valence-electron chi connectivity index (χ4n) is 7.36. The molecule has 3 aliphatic heterocycles. The zero-order chi connectivity index (χ0) is 23.3. The lowest BCUT2D eigenvalue weighted by Crippen LogP contribution is -2.60. The van der Waals surface area contributed by atoms with E-state index in [4.69, 9.17) is 0 Å². The number of likely N-dealkylation sites (tertiary alicyclic amines) is 1. The average Bonchev–Trinajstić information content (AvgIpc) is 3.18. The Morgan fingerprint density at radius 2 is 1.94 bits per heavy atom. The van der Waals surface area contributed by atoms with Crippen molar-refractivity contribution in [2.45, 2.75) is 100 Å². The van der Waals surface area contributed by atoms with Crippen LogP contribution < -0.4 is 16.0 Å². The topological polar surface area (TPSA) is 73.5 Å². The van der Waals surface area contributed by atoms with Gasteiger partial charge in [-0.3, -0.25) is 14.9 Å². The van der Waals surface area contributed by atoms with Crippen LogP contribution in [0.2, 0.25) is 0 Å². The Hall–Kier alpha value is -0.860. The predicted octanol–water partition coefficient (Wildman–Crippen LogP) is 2.88. The van der Waals surface area contributed by atoms with E-state index in [2.05, 4.69) is 29.8 Å². The predicted molar refractivity (Wildman–Crippen MR) is 129 cm³/mol. The van der Waals surface area contributed by atoms with Gasteiger partial charge in [-0.15, -0.1) is 11.8 Å². The Kier molecular flexibility index (Phi) is 6.98. The summed E-state index contributed by atoms with van der Waals surface area (Å²) in [6.07, 6.45) is 6.03. The Morgan fingerprint density at radius 1 is 1.12 bits per heavy atom. The number of thioether (sulfide) groups is 1. The van der Waals surface area contributed by atoms with Crippen molar-refractivity contribution in [3.05, 3.63) is 0 Å². The van der Waals surface area contributed by atoms with Gasteiger partial charge in [-0.1, -0.05) is 6.92 Å². The largest absolute Gasteiger partial charge is 0.342 e. The minimum atomic E-state index is -0.705. The van der Waals surface area contributed by atoms with Crippen molar-refractivity contribution >= 4 is 23.6 Å². The molecule has 2 saturated carbocycles. The molecular weight excluding hydrogens is 439 g/mol. The highest BCUT2D eigenvalue weighted by molar-refractivity contribution is 8.00. The SMILES string of the molecule is CC1CC2C(CN1)CC(C1CC(C(=O)NC3NC4CCC(F)CC4S3)CCC1C)C(=O)N2C. The number of fused-ring (bicyclic) bond motifs is 2. The maximum Gasteiger partial charge on any atom is 0.225 e. The van der Waals surface area contributed by atoms with Crippen LogP contribution in [0, 0.1) is 29.6 Å². The number of carbonyl (C=O) groups is 2. The highest BCUT2D eigenvalue weighted by atomic mass is 32.2. The third-order valence-electron chi connectivity index (χ3n) is 9.41. The standard InChI is InChI=1S/C25H41FN4O2S/c1-13-4-5-15(23(31)29-25-28-20-7-6-17(26)11-22(20)33-25)9-18(13)19-10-16-12-27-14(2)8-21(16)30(3)24(19)32/h13-22,25,27-28H,4-12H2,1-3H3,(H,29,31). The molecular formula is C25H41FN4O2S. The van der Waals surface area contributed by atoms with Crippen molar-refractivity contribution in [3.63, 3.8) is 0 Å². The van der Waals surface area contributed by atoms with Crippen molar-refractivity contribution in [2.24, 2.45) is 29.6 Å². The van der Waals surface area contributed by atoms with Crippen LogP contribution in [0.15, 0.2) is 0 Å². The van der Waals surface area contributed by atoms with E-state index in [-0.39, 0.29) is 34.4 Å². The Bertz CT molecular complexity index is 756. The van der Waals surface area contributed by atoms with Crippen LogP contribution in [0.4, 0.5) is 4.39 Å². The van der Waals surface area contributed by atoms with Crippen LogP contribution in [-0.4, -0.2) is 65.4 Å². The van der Waals surface area contributed by atoms with E-state index in [0.29, 0.717) is 48.7 Å². The molecule has 11 unspecified atom stereocenters. The second kappa shape index (κ2) is 9.65. The van der Waals surface area contributed by atoms with Crippen molar-refractivity contribution in [2.75, 3.05) is 13.6 Å². The first kappa shape index (κ1) is 23.9. The Morgan fingerprint density at radius 3 is 2.76 bits per heavy atom. The van der Waals surface area contributed by atoms with Gasteiger partial charge in [-0.25, -0.2) is 4.39 Å². The summed E-state index contributed by atoms with van der Waals surface area (Å²) in [4.78, 5) is 28.7. The zero-order valence-corrected chi connectivity index (χ0v) is 21.1. The van der Waals surface area contributed by atoms with Gasteiger partial charge in [-0.05, 0) is 76.0 Å². The summed E-state index contributed by atoms with van der Waals surface area (Å²) >= 11 is 1.68. The molecule has 5 aliphatic rings. The first-order chi connectivity index (χ1) is 15.8. The van der Waals surface area contributed by atoms with E-state index in [9.17, 15) is 14.0 Å². The van der Waals surface area contributed by atoms with Gasteiger partial charge in [0.2, 0.25) is 11.8 Å². The summed E-state index contributed by atoms with van der Waals surface area (Å²) in [6.45, 7) is 5.46. The van der Waals surface area contributed by atoms with E-state index >= 15 is 0 Å². The van der Waals surface area contributed by atoms with E-state index in [1.165, 1.54) is 0 Å². The van der Waals surface area contributed by atoms with Crippen molar-refractivity contribution in [1.29, 1.82) is 0 Å². The Labute approximate surface area is 201 Å². The molecule has 33 heavy (non-hydrogen) atoms. The Balaban J connectivity index is 1.20. The van der Waals surface area contributed by atoms with Gasteiger partial charge < -0.3 is 15.5 Å².